The van der Waals surface area contributed by atoms with Crippen molar-refractivity contribution >= 4 is 24.1 Å². The van der Waals surface area contributed by atoms with Crippen molar-refractivity contribution in [1.29, 1.82) is 0 Å². The maximum atomic E-state index is 11.7. The highest BCUT2D eigenvalue weighted by molar-refractivity contribution is 5.88. The molecule has 1 N–H and O–H groups in total. The maximum absolute atomic E-state index is 11.7. The van der Waals surface area contributed by atoms with E-state index in [1.165, 1.54) is 12.2 Å². The van der Waals surface area contributed by atoms with Gasteiger partial charge in [-0.25, -0.2) is 9.59 Å². The van der Waals surface area contributed by atoms with E-state index in [0.717, 1.165) is 22.3 Å². The van der Waals surface area contributed by atoms with E-state index in [2.05, 4.69) is 4.98 Å². The molecule has 0 aliphatic carbocycles. The van der Waals surface area contributed by atoms with Crippen LogP contribution in [0.5, 0.6) is 0 Å². The molecule has 0 spiro atoms. The van der Waals surface area contributed by atoms with Crippen LogP contribution in [0.25, 0.3) is 12.2 Å². The zero-order valence-electron chi connectivity index (χ0n) is 16.6. The molecule has 1 atom stereocenters. The molecule has 0 aliphatic rings. The third-order valence-electron chi connectivity index (χ3n) is 4.07. The van der Waals surface area contributed by atoms with Gasteiger partial charge in [0.15, 0.2) is 0 Å². The molecule has 0 bridgehead atoms. The summed E-state index contributed by atoms with van der Waals surface area (Å²) in [5.74, 6) is -1.17. The monoisotopic (exact) mass is 395 g/mol. The van der Waals surface area contributed by atoms with Crippen LogP contribution in [0.2, 0.25) is 0 Å². The minimum atomic E-state index is -0.438. The second-order valence-corrected chi connectivity index (χ2v) is 6.13. The van der Waals surface area contributed by atoms with Gasteiger partial charge in [-0.1, -0.05) is 18.2 Å². The van der Waals surface area contributed by atoms with Gasteiger partial charge in [-0.2, -0.15) is 0 Å². The quantitative estimate of drug-likeness (QED) is 0.518. The van der Waals surface area contributed by atoms with Crippen molar-refractivity contribution in [2.45, 2.75) is 19.8 Å². The minimum absolute atomic E-state index is 0.113. The summed E-state index contributed by atoms with van der Waals surface area (Å²) >= 11 is 0. The first kappa shape index (κ1) is 22.0. The Labute approximate surface area is 170 Å². The number of benzene rings is 1. The first-order valence-electron chi connectivity index (χ1n) is 9.42. The van der Waals surface area contributed by atoms with Crippen LogP contribution in [0.1, 0.15) is 42.0 Å². The van der Waals surface area contributed by atoms with Crippen molar-refractivity contribution in [3.05, 3.63) is 77.1 Å². The van der Waals surface area contributed by atoms with E-state index in [1.807, 2.05) is 30.3 Å². The van der Waals surface area contributed by atoms with Crippen LogP contribution in [0.3, 0.4) is 0 Å². The number of ether oxygens (including phenoxy) is 2. The van der Waals surface area contributed by atoms with E-state index in [4.69, 9.17) is 9.47 Å². The standard InChI is InChI=1S/C23H25NO5/c1-3-28-22(26)9-7-17-12-18(8-10-23(27)29-4-2)14-20(13-17)21(16-25)19-6-5-11-24-15-19/h5-15,21,25H,3-4,16H2,1-2H3/b9-7+,10-8+. The predicted molar refractivity (Wildman–Crippen MR) is 111 cm³/mol. The molecule has 1 aromatic heterocycles. The van der Waals surface area contributed by atoms with Gasteiger partial charge in [-0.15, -0.1) is 0 Å². The number of carbonyl (C=O) groups is 2. The van der Waals surface area contributed by atoms with Gasteiger partial charge in [0.1, 0.15) is 0 Å². The van der Waals surface area contributed by atoms with Gasteiger partial charge in [-0.05, 0) is 60.4 Å². The zero-order chi connectivity index (χ0) is 21.1. The molecule has 6 nitrogen and oxygen atoms in total. The van der Waals surface area contributed by atoms with Crippen LogP contribution in [0, 0.1) is 0 Å². The van der Waals surface area contributed by atoms with Gasteiger partial charge in [-0.3, -0.25) is 4.98 Å². The van der Waals surface area contributed by atoms with Crippen LogP contribution in [-0.2, 0) is 19.1 Å². The molecule has 1 aromatic carbocycles. The number of aliphatic hydroxyl groups is 1. The van der Waals surface area contributed by atoms with Gasteiger partial charge in [0.2, 0.25) is 0 Å². The molecular weight excluding hydrogens is 370 g/mol. The van der Waals surface area contributed by atoms with Crippen LogP contribution >= 0.6 is 0 Å². The van der Waals surface area contributed by atoms with Crippen molar-refractivity contribution in [3.8, 4) is 0 Å². The molecule has 1 heterocycles. The molecule has 0 saturated heterocycles. The number of rotatable bonds is 9. The van der Waals surface area contributed by atoms with Gasteiger partial charge in [0.05, 0.1) is 19.8 Å². The lowest BCUT2D eigenvalue weighted by atomic mass is 9.90. The number of esters is 2. The Morgan fingerprint density at radius 1 is 1.00 bits per heavy atom. The van der Waals surface area contributed by atoms with Crippen LogP contribution in [0.15, 0.2) is 54.9 Å². The van der Waals surface area contributed by atoms with E-state index in [9.17, 15) is 14.7 Å². The normalized spacial score (nSPS) is 12.2. The van der Waals surface area contributed by atoms with Gasteiger partial charge in [0, 0.05) is 30.5 Å². The number of carbonyl (C=O) groups excluding carboxylic acids is 2. The smallest absolute Gasteiger partial charge is 0.330 e. The van der Waals surface area contributed by atoms with E-state index >= 15 is 0 Å². The van der Waals surface area contributed by atoms with E-state index in [0.29, 0.717) is 13.2 Å². The first-order chi connectivity index (χ1) is 14.1. The van der Waals surface area contributed by atoms with Crippen LogP contribution < -0.4 is 0 Å². The van der Waals surface area contributed by atoms with E-state index in [-0.39, 0.29) is 12.5 Å². The molecule has 0 aliphatic heterocycles. The van der Waals surface area contributed by atoms with Crippen molar-refractivity contribution in [1.82, 2.24) is 4.98 Å². The molecule has 0 amide bonds. The lowest BCUT2D eigenvalue weighted by molar-refractivity contribution is -0.138. The molecule has 0 fully saturated rings. The Kier molecular flexibility index (Phi) is 8.79. The Bertz CT molecular complexity index is 828. The summed E-state index contributed by atoms with van der Waals surface area (Å²) in [5.41, 5.74) is 3.17. The highest BCUT2D eigenvalue weighted by Gasteiger charge is 2.14. The Hall–Kier alpha value is -3.25. The lowest BCUT2D eigenvalue weighted by Gasteiger charge is -2.16. The van der Waals surface area contributed by atoms with E-state index in [1.54, 1.807) is 38.4 Å². The van der Waals surface area contributed by atoms with Crippen molar-refractivity contribution in [2.75, 3.05) is 19.8 Å². The van der Waals surface area contributed by atoms with Crippen LogP contribution in [-0.4, -0.2) is 41.8 Å². The average molecular weight is 395 g/mol. The predicted octanol–water partition coefficient (Wildman–Crippen LogP) is 3.36. The number of nitrogens with zero attached hydrogens (tertiary/aromatic N) is 1. The van der Waals surface area contributed by atoms with Crippen LogP contribution in [0.4, 0.5) is 0 Å². The molecule has 29 heavy (non-hydrogen) atoms. The Balaban J connectivity index is 2.42. The molecule has 0 radical (unpaired) electrons. The summed E-state index contributed by atoms with van der Waals surface area (Å²) in [4.78, 5) is 27.4. The average Bonchev–Trinajstić information content (AvgIpc) is 2.73. The highest BCUT2D eigenvalue weighted by Crippen LogP contribution is 2.26. The Morgan fingerprint density at radius 3 is 2.03 bits per heavy atom. The largest absolute Gasteiger partial charge is 0.463 e. The van der Waals surface area contributed by atoms with Crippen molar-refractivity contribution in [3.63, 3.8) is 0 Å². The first-order valence-corrected chi connectivity index (χ1v) is 9.42. The number of pyridine rings is 1. The number of hydrogen-bond donors (Lipinski definition) is 1. The number of aromatic nitrogens is 1. The fourth-order valence-corrected chi connectivity index (χ4v) is 2.79. The number of aliphatic hydroxyl groups excluding tert-OH is 1. The summed E-state index contributed by atoms with van der Waals surface area (Å²) in [5, 5.41) is 9.98. The zero-order valence-corrected chi connectivity index (χ0v) is 16.6. The fraction of sp³-hybridized carbons (Fsp3) is 0.261. The highest BCUT2D eigenvalue weighted by atomic mass is 16.5. The molecule has 152 valence electrons. The molecule has 2 rings (SSSR count). The summed E-state index contributed by atoms with van der Waals surface area (Å²) in [6.07, 6.45) is 9.35. The lowest BCUT2D eigenvalue weighted by Crippen LogP contribution is -2.07. The third kappa shape index (κ3) is 7.01. The molecular formula is C23H25NO5. The van der Waals surface area contributed by atoms with Crippen molar-refractivity contribution < 1.29 is 24.2 Å². The summed E-state index contributed by atoms with van der Waals surface area (Å²) < 4.78 is 9.84. The maximum Gasteiger partial charge on any atom is 0.330 e. The summed E-state index contributed by atoms with van der Waals surface area (Å²) in [6, 6.07) is 9.29. The van der Waals surface area contributed by atoms with Gasteiger partial charge >= 0.3 is 11.9 Å². The summed E-state index contributed by atoms with van der Waals surface area (Å²) in [6.45, 7) is 3.96. The Morgan fingerprint density at radius 2 is 1.59 bits per heavy atom. The second-order valence-electron chi connectivity index (χ2n) is 6.13. The molecule has 0 saturated carbocycles. The van der Waals surface area contributed by atoms with E-state index < -0.39 is 11.9 Å². The number of hydrogen-bond acceptors (Lipinski definition) is 6. The fourth-order valence-electron chi connectivity index (χ4n) is 2.79. The molecule has 1 unspecified atom stereocenters. The summed E-state index contributed by atoms with van der Waals surface area (Å²) in [7, 11) is 0. The second kappa shape index (κ2) is 11.6. The third-order valence-corrected chi connectivity index (χ3v) is 4.07. The molecule has 6 heteroatoms. The van der Waals surface area contributed by atoms with Crippen molar-refractivity contribution in [2.24, 2.45) is 0 Å². The minimum Gasteiger partial charge on any atom is -0.463 e. The SMILES string of the molecule is CCOC(=O)/C=C/c1cc(/C=C/C(=O)OCC)cc(C(CO)c2cccnc2)c1. The van der Waals surface area contributed by atoms with Gasteiger partial charge < -0.3 is 14.6 Å². The topological polar surface area (TPSA) is 85.7 Å². The molecule has 2 aromatic rings. The van der Waals surface area contributed by atoms with Gasteiger partial charge in [0.25, 0.3) is 0 Å².